The number of hydrogen-bond donors (Lipinski definition) is 1. The first kappa shape index (κ1) is 16.4. The molecule has 0 bridgehead atoms. The van der Waals surface area contributed by atoms with Crippen molar-refractivity contribution in [3.63, 3.8) is 0 Å². The molecule has 4 rings (SSSR count). The van der Waals surface area contributed by atoms with Crippen LogP contribution in [0.1, 0.15) is 16.1 Å². The van der Waals surface area contributed by atoms with Crippen LogP contribution in [0, 0.1) is 5.82 Å². The van der Waals surface area contributed by atoms with Crippen LogP contribution in [0.2, 0.25) is 0 Å². The number of carbonyl (C=O) groups is 1. The molecule has 26 heavy (non-hydrogen) atoms. The Morgan fingerprint density at radius 2 is 1.92 bits per heavy atom. The molecule has 0 spiro atoms. The van der Waals surface area contributed by atoms with E-state index in [4.69, 9.17) is 0 Å². The Bertz CT molecular complexity index is 1000. The first-order valence-corrected chi connectivity index (χ1v) is 8.56. The van der Waals surface area contributed by atoms with Crippen molar-refractivity contribution in [3.8, 4) is 0 Å². The molecule has 0 aliphatic carbocycles. The molecule has 0 atom stereocenters. The summed E-state index contributed by atoms with van der Waals surface area (Å²) in [6.07, 6.45) is 2.08. The van der Waals surface area contributed by atoms with Gasteiger partial charge in [-0.3, -0.25) is 4.79 Å². The van der Waals surface area contributed by atoms with Gasteiger partial charge >= 0.3 is 0 Å². The van der Waals surface area contributed by atoms with Gasteiger partial charge in [0, 0.05) is 43.8 Å². The monoisotopic (exact) mass is 349 g/mol. The largest absolute Gasteiger partial charge is 0.378 e. The van der Waals surface area contributed by atoms with Crippen LogP contribution in [0.3, 0.4) is 0 Å². The van der Waals surface area contributed by atoms with Crippen LogP contribution in [-0.4, -0.2) is 43.0 Å². The maximum Gasteiger partial charge on any atom is 0.270 e. The summed E-state index contributed by atoms with van der Waals surface area (Å²) in [5, 5.41) is 0.447. The van der Waals surface area contributed by atoms with Gasteiger partial charge in [0.25, 0.3) is 5.91 Å². The van der Waals surface area contributed by atoms with Gasteiger partial charge in [-0.05, 0) is 41.5 Å². The third-order valence-corrected chi connectivity index (χ3v) is 4.80. The number of fused-ring (bicyclic) bond motifs is 1. The van der Waals surface area contributed by atoms with E-state index in [2.05, 4.69) is 40.2 Å². The highest BCUT2D eigenvalue weighted by atomic mass is 19.1. The van der Waals surface area contributed by atoms with Crippen LogP contribution in [0.15, 0.2) is 54.6 Å². The van der Waals surface area contributed by atoms with Crippen molar-refractivity contribution in [1.82, 2.24) is 9.88 Å². The maximum absolute atomic E-state index is 13.9. The molecule has 4 nitrogen and oxygen atoms in total. The summed E-state index contributed by atoms with van der Waals surface area (Å²) < 4.78 is 13.9. The topological polar surface area (TPSA) is 39.3 Å². The van der Waals surface area contributed by atoms with Crippen LogP contribution in [0.4, 0.5) is 10.1 Å². The van der Waals surface area contributed by atoms with Crippen LogP contribution in [0.5, 0.6) is 0 Å². The van der Waals surface area contributed by atoms with E-state index in [-0.39, 0.29) is 11.7 Å². The van der Waals surface area contributed by atoms with E-state index >= 15 is 0 Å². The predicted molar refractivity (Wildman–Crippen MR) is 103 cm³/mol. The van der Waals surface area contributed by atoms with Crippen LogP contribution >= 0.6 is 0 Å². The molecule has 5 heteroatoms. The first-order chi connectivity index (χ1) is 12.5. The molecule has 132 valence electrons. The van der Waals surface area contributed by atoms with Crippen molar-refractivity contribution in [3.05, 3.63) is 71.7 Å². The Kier molecular flexibility index (Phi) is 3.99. The Hall–Kier alpha value is -3.08. The molecular weight excluding hydrogens is 329 g/mol. The number of hydrogen-bond acceptors (Lipinski definition) is 2. The molecule has 0 saturated carbocycles. The highest BCUT2D eigenvalue weighted by Crippen LogP contribution is 2.25. The van der Waals surface area contributed by atoms with Gasteiger partial charge in [-0.1, -0.05) is 24.3 Å². The molecule has 2 aromatic carbocycles. The van der Waals surface area contributed by atoms with Gasteiger partial charge in [0.2, 0.25) is 0 Å². The second-order valence-corrected chi connectivity index (χ2v) is 6.74. The third kappa shape index (κ3) is 2.86. The molecule has 1 N–H and O–H groups in total. The average Bonchev–Trinajstić information content (AvgIpc) is 3.29. The van der Waals surface area contributed by atoms with E-state index < -0.39 is 0 Å². The molecule has 0 unspecified atom stereocenters. The summed E-state index contributed by atoms with van der Waals surface area (Å²) in [7, 11) is 4.01. The number of H-pyrrole nitrogens is 1. The second kappa shape index (κ2) is 6.33. The van der Waals surface area contributed by atoms with Gasteiger partial charge in [0.05, 0.1) is 0 Å². The van der Waals surface area contributed by atoms with Crippen molar-refractivity contribution >= 4 is 28.1 Å². The summed E-state index contributed by atoms with van der Waals surface area (Å²) in [6, 6.07) is 14.7. The minimum atomic E-state index is -0.320. The van der Waals surface area contributed by atoms with Gasteiger partial charge in [-0.2, -0.15) is 0 Å². The zero-order valence-electron chi connectivity index (χ0n) is 14.8. The summed E-state index contributed by atoms with van der Waals surface area (Å²) in [5.41, 5.74) is 4.45. The number of carbonyl (C=O) groups excluding carboxylic acids is 1. The summed E-state index contributed by atoms with van der Waals surface area (Å²) in [4.78, 5) is 19.6. The van der Waals surface area contributed by atoms with E-state index in [0.717, 1.165) is 16.8 Å². The third-order valence-electron chi connectivity index (χ3n) is 4.80. The zero-order valence-corrected chi connectivity index (χ0v) is 14.8. The SMILES string of the molecule is CN(C)c1ccc(C2=CCN(C(=O)c3cc4c(F)cccc4[nH]3)C2)cc1. The Morgan fingerprint density at radius 3 is 2.62 bits per heavy atom. The highest BCUT2D eigenvalue weighted by molar-refractivity contribution is 5.99. The normalized spacial score (nSPS) is 14.0. The minimum Gasteiger partial charge on any atom is -0.378 e. The summed E-state index contributed by atoms with van der Waals surface area (Å²) in [6.45, 7) is 1.11. The number of aromatic nitrogens is 1. The summed E-state index contributed by atoms with van der Waals surface area (Å²) >= 11 is 0. The Morgan fingerprint density at radius 1 is 1.15 bits per heavy atom. The fourth-order valence-electron chi connectivity index (χ4n) is 3.30. The number of halogens is 1. The number of benzene rings is 2. The lowest BCUT2D eigenvalue weighted by molar-refractivity contribution is 0.0797. The van der Waals surface area contributed by atoms with Gasteiger partial charge in [-0.25, -0.2) is 4.39 Å². The molecule has 0 radical (unpaired) electrons. The number of rotatable bonds is 3. The standard InChI is InChI=1S/C21H20FN3O/c1-24(2)16-8-6-14(7-9-16)15-10-11-25(13-15)21(26)20-12-17-18(22)4-3-5-19(17)23-20/h3-10,12,23H,11,13H2,1-2H3. The van der Waals surface area contributed by atoms with E-state index in [1.807, 2.05) is 14.1 Å². The smallest absolute Gasteiger partial charge is 0.270 e. The van der Waals surface area contributed by atoms with Gasteiger partial charge in [0.15, 0.2) is 0 Å². The number of nitrogens with one attached hydrogen (secondary N) is 1. The fourth-order valence-corrected chi connectivity index (χ4v) is 3.30. The molecule has 3 aromatic rings. The molecule has 0 fully saturated rings. The number of nitrogens with zero attached hydrogens (tertiary/aromatic N) is 2. The van der Waals surface area contributed by atoms with Crippen LogP contribution < -0.4 is 4.90 Å². The zero-order chi connectivity index (χ0) is 18.3. The van der Waals surface area contributed by atoms with Crippen LogP contribution in [-0.2, 0) is 0 Å². The van der Waals surface area contributed by atoms with Crippen LogP contribution in [0.25, 0.3) is 16.5 Å². The van der Waals surface area contributed by atoms with Crippen molar-refractivity contribution in [2.24, 2.45) is 0 Å². The highest BCUT2D eigenvalue weighted by Gasteiger charge is 2.23. The summed E-state index contributed by atoms with van der Waals surface area (Å²) in [5.74, 6) is -0.434. The lowest BCUT2D eigenvalue weighted by Gasteiger charge is -2.16. The lowest BCUT2D eigenvalue weighted by atomic mass is 10.1. The molecule has 1 aliphatic rings. The van der Waals surface area contributed by atoms with Crippen molar-refractivity contribution in [2.75, 3.05) is 32.1 Å². The van der Waals surface area contributed by atoms with Gasteiger partial charge in [-0.15, -0.1) is 0 Å². The minimum absolute atomic E-state index is 0.114. The van der Waals surface area contributed by atoms with E-state index in [1.54, 1.807) is 23.1 Å². The van der Waals surface area contributed by atoms with Gasteiger partial charge < -0.3 is 14.8 Å². The fraction of sp³-hybridized carbons (Fsp3) is 0.190. The lowest BCUT2D eigenvalue weighted by Crippen LogP contribution is -2.29. The molecule has 1 aromatic heterocycles. The first-order valence-electron chi connectivity index (χ1n) is 8.56. The van der Waals surface area contributed by atoms with E-state index in [9.17, 15) is 9.18 Å². The Labute approximate surface area is 151 Å². The number of amides is 1. The van der Waals surface area contributed by atoms with Crippen molar-refractivity contribution in [2.45, 2.75) is 0 Å². The number of anilines is 1. The maximum atomic E-state index is 13.9. The van der Waals surface area contributed by atoms with Crippen molar-refractivity contribution in [1.29, 1.82) is 0 Å². The molecule has 2 heterocycles. The molecule has 0 saturated heterocycles. The van der Waals surface area contributed by atoms with Crippen molar-refractivity contribution < 1.29 is 9.18 Å². The second-order valence-electron chi connectivity index (χ2n) is 6.74. The molecule has 1 aliphatic heterocycles. The average molecular weight is 349 g/mol. The predicted octanol–water partition coefficient (Wildman–Crippen LogP) is 3.91. The number of aromatic amines is 1. The molecular formula is C21H20FN3O. The Balaban J connectivity index is 1.51. The molecule has 1 amide bonds. The quantitative estimate of drug-likeness (QED) is 0.779. The van der Waals surface area contributed by atoms with Gasteiger partial charge in [0.1, 0.15) is 11.5 Å². The van der Waals surface area contributed by atoms with E-state index in [1.165, 1.54) is 6.07 Å². The van der Waals surface area contributed by atoms with E-state index in [0.29, 0.717) is 29.7 Å².